The minimum Gasteiger partial charge on any atom is -0.497 e. The largest absolute Gasteiger partial charge is 0.497 e. The normalized spacial score (nSPS) is 10.2. The molecule has 1 unspecified atom stereocenters. The molecule has 18 heavy (non-hydrogen) atoms. The summed E-state index contributed by atoms with van der Waals surface area (Å²) in [4.78, 5) is 16.1. The van der Waals surface area contributed by atoms with Crippen molar-refractivity contribution in [2.24, 2.45) is 0 Å². The first-order valence-corrected chi connectivity index (χ1v) is 6.64. The van der Waals surface area contributed by atoms with Crippen LogP contribution in [0, 0.1) is 0 Å². The number of amides is 1. The van der Waals surface area contributed by atoms with E-state index in [9.17, 15) is 4.79 Å². The summed E-state index contributed by atoms with van der Waals surface area (Å²) in [5.74, 6) is 0.694. The van der Waals surface area contributed by atoms with E-state index in [1.54, 1.807) is 14.2 Å². The Morgan fingerprint density at radius 2 is 2.06 bits per heavy atom. The van der Waals surface area contributed by atoms with Crippen molar-refractivity contribution < 1.29 is 9.53 Å². The molecule has 0 spiro atoms. The Hall–Kier alpha value is -1.45. The molecule has 0 aliphatic carbocycles. The number of benzene rings is 1. The van der Waals surface area contributed by atoms with Crippen LogP contribution in [0.2, 0.25) is 0 Å². The SMILES string of the molecule is COc1ccc(-c2csc(C(=O)N(C)P)n2)cc1. The topological polar surface area (TPSA) is 42.4 Å². The highest BCUT2D eigenvalue weighted by Gasteiger charge is 2.13. The predicted octanol–water partition coefficient (Wildman–Crippen LogP) is 2.68. The number of carbonyl (C=O) groups excluding carboxylic acids is 1. The van der Waals surface area contributed by atoms with Gasteiger partial charge in [0.1, 0.15) is 5.75 Å². The Balaban J connectivity index is 2.26. The molecule has 0 fully saturated rings. The molecule has 0 bridgehead atoms. The molecule has 94 valence electrons. The van der Waals surface area contributed by atoms with Crippen molar-refractivity contribution in [3.63, 3.8) is 0 Å². The van der Waals surface area contributed by atoms with E-state index >= 15 is 0 Å². The average molecular weight is 280 g/mol. The molecule has 1 aromatic heterocycles. The maximum atomic E-state index is 11.7. The first-order chi connectivity index (χ1) is 8.61. The number of nitrogens with zero attached hydrogens (tertiary/aromatic N) is 2. The van der Waals surface area contributed by atoms with E-state index in [-0.39, 0.29) is 5.91 Å². The zero-order chi connectivity index (χ0) is 13.1. The van der Waals surface area contributed by atoms with Crippen LogP contribution >= 0.6 is 20.7 Å². The number of methoxy groups -OCH3 is 1. The average Bonchev–Trinajstić information content (AvgIpc) is 2.87. The summed E-state index contributed by atoms with van der Waals surface area (Å²) < 4.78 is 6.54. The van der Waals surface area contributed by atoms with Gasteiger partial charge in [-0.05, 0) is 33.7 Å². The minimum atomic E-state index is -0.107. The molecular formula is C12H13N2O2PS. The fraction of sp³-hybridized carbons (Fsp3) is 0.167. The monoisotopic (exact) mass is 280 g/mol. The Kier molecular flexibility index (Phi) is 3.94. The molecule has 1 amide bonds. The molecule has 0 aliphatic heterocycles. The molecule has 0 saturated heterocycles. The maximum absolute atomic E-state index is 11.7. The van der Waals surface area contributed by atoms with Crippen LogP contribution in [0.5, 0.6) is 5.75 Å². The molecule has 0 aliphatic rings. The van der Waals surface area contributed by atoms with Gasteiger partial charge in [0, 0.05) is 18.0 Å². The molecule has 2 aromatic rings. The van der Waals surface area contributed by atoms with Gasteiger partial charge in [-0.2, -0.15) is 0 Å². The molecule has 0 radical (unpaired) electrons. The highest BCUT2D eigenvalue weighted by molar-refractivity contribution is 7.16. The van der Waals surface area contributed by atoms with Crippen LogP contribution in [0.25, 0.3) is 11.3 Å². The second-order valence-corrected chi connectivity index (χ2v) is 5.32. The highest BCUT2D eigenvalue weighted by atomic mass is 32.1. The molecule has 1 aromatic carbocycles. The Bertz CT molecular complexity index is 551. The van der Waals surface area contributed by atoms with Gasteiger partial charge in [0.15, 0.2) is 5.01 Å². The van der Waals surface area contributed by atoms with Gasteiger partial charge in [-0.25, -0.2) is 4.98 Å². The van der Waals surface area contributed by atoms with E-state index in [1.165, 1.54) is 16.0 Å². The van der Waals surface area contributed by atoms with Crippen LogP contribution in [0.1, 0.15) is 9.80 Å². The van der Waals surface area contributed by atoms with Gasteiger partial charge >= 0.3 is 0 Å². The van der Waals surface area contributed by atoms with E-state index in [1.807, 2.05) is 29.6 Å². The minimum absolute atomic E-state index is 0.107. The summed E-state index contributed by atoms with van der Waals surface area (Å²) in [5.41, 5.74) is 1.77. The lowest BCUT2D eigenvalue weighted by atomic mass is 10.2. The quantitative estimate of drug-likeness (QED) is 0.812. The number of carbonyl (C=O) groups is 1. The summed E-state index contributed by atoms with van der Waals surface area (Å²) in [6, 6.07) is 7.59. The number of hydrogen-bond donors (Lipinski definition) is 0. The van der Waals surface area contributed by atoms with Gasteiger partial charge in [-0.15, -0.1) is 11.3 Å². The number of hydrogen-bond acceptors (Lipinski definition) is 4. The molecular weight excluding hydrogens is 267 g/mol. The third-order valence-electron chi connectivity index (χ3n) is 2.39. The highest BCUT2D eigenvalue weighted by Crippen LogP contribution is 2.24. The van der Waals surface area contributed by atoms with Crippen LogP contribution in [-0.4, -0.2) is 29.7 Å². The van der Waals surface area contributed by atoms with Crippen molar-refractivity contribution >= 4 is 26.6 Å². The molecule has 1 atom stereocenters. The standard InChI is InChI=1S/C12H13N2O2PS/c1-14(17)12(15)11-13-10(7-18-11)8-3-5-9(16-2)6-4-8/h3-7H,17H2,1-2H3. The number of ether oxygens (including phenoxy) is 1. The van der Waals surface area contributed by atoms with Crippen LogP contribution < -0.4 is 4.74 Å². The summed E-state index contributed by atoms with van der Waals surface area (Å²) in [6.45, 7) is 0. The fourth-order valence-corrected chi connectivity index (χ4v) is 2.44. The Morgan fingerprint density at radius 1 is 1.39 bits per heavy atom. The zero-order valence-corrected chi connectivity index (χ0v) is 12.1. The van der Waals surface area contributed by atoms with Gasteiger partial charge < -0.3 is 9.41 Å². The Morgan fingerprint density at radius 3 is 2.61 bits per heavy atom. The van der Waals surface area contributed by atoms with Crippen molar-refractivity contribution in [3.05, 3.63) is 34.7 Å². The second-order valence-electron chi connectivity index (χ2n) is 3.68. The molecule has 4 nitrogen and oxygen atoms in total. The van der Waals surface area contributed by atoms with Crippen LogP contribution in [0.4, 0.5) is 0 Å². The second kappa shape index (κ2) is 5.46. The summed E-state index contributed by atoms with van der Waals surface area (Å²) in [6.07, 6.45) is 0. The number of aromatic nitrogens is 1. The maximum Gasteiger partial charge on any atom is 0.285 e. The van der Waals surface area contributed by atoms with Gasteiger partial charge in [0.25, 0.3) is 5.91 Å². The van der Waals surface area contributed by atoms with Crippen LogP contribution in [0.15, 0.2) is 29.6 Å². The van der Waals surface area contributed by atoms with E-state index in [0.29, 0.717) is 5.01 Å². The first-order valence-electron chi connectivity index (χ1n) is 5.24. The molecule has 6 heteroatoms. The first kappa shape index (κ1) is 13.0. The van der Waals surface area contributed by atoms with Crippen LogP contribution in [-0.2, 0) is 0 Å². The number of rotatable bonds is 3. The van der Waals surface area contributed by atoms with Crippen LogP contribution in [0.3, 0.4) is 0 Å². The molecule has 2 rings (SSSR count). The van der Waals surface area contributed by atoms with E-state index in [2.05, 4.69) is 14.4 Å². The van der Waals surface area contributed by atoms with Crippen molar-refractivity contribution in [1.29, 1.82) is 0 Å². The molecule has 0 saturated carbocycles. The van der Waals surface area contributed by atoms with Crippen molar-refractivity contribution in [2.45, 2.75) is 0 Å². The molecule has 0 N–H and O–H groups in total. The molecule has 1 heterocycles. The van der Waals surface area contributed by atoms with E-state index < -0.39 is 0 Å². The zero-order valence-electron chi connectivity index (χ0n) is 10.1. The third kappa shape index (κ3) is 2.68. The number of thiazole rings is 1. The van der Waals surface area contributed by atoms with Gasteiger partial charge in [0.05, 0.1) is 12.8 Å². The summed E-state index contributed by atoms with van der Waals surface area (Å²) >= 11 is 1.34. The van der Waals surface area contributed by atoms with E-state index in [4.69, 9.17) is 4.74 Å². The van der Waals surface area contributed by atoms with E-state index in [0.717, 1.165) is 17.0 Å². The van der Waals surface area contributed by atoms with Gasteiger partial charge in [-0.1, -0.05) is 0 Å². The third-order valence-corrected chi connectivity index (χ3v) is 3.46. The van der Waals surface area contributed by atoms with Gasteiger partial charge in [-0.3, -0.25) is 4.79 Å². The smallest absolute Gasteiger partial charge is 0.285 e. The summed E-state index contributed by atoms with van der Waals surface area (Å²) in [7, 11) is 5.64. The lowest BCUT2D eigenvalue weighted by Gasteiger charge is -2.05. The van der Waals surface area contributed by atoms with Gasteiger partial charge in [0.2, 0.25) is 0 Å². The van der Waals surface area contributed by atoms with Crippen molar-refractivity contribution in [1.82, 2.24) is 9.65 Å². The predicted molar refractivity (Wildman–Crippen MR) is 75.9 cm³/mol. The lowest BCUT2D eigenvalue weighted by molar-refractivity contribution is 0.0890. The van der Waals surface area contributed by atoms with Crippen molar-refractivity contribution in [3.8, 4) is 17.0 Å². The fourth-order valence-electron chi connectivity index (χ4n) is 1.42. The summed E-state index contributed by atoms with van der Waals surface area (Å²) in [5, 5.41) is 2.36. The lowest BCUT2D eigenvalue weighted by Crippen LogP contribution is -2.15. The Labute approximate surface area is 112 Å². The van der Waals surface area contributed by atoms with Crippen molar-refractivity contribution in [2.75, 3.05) is 14.2 Å².